The summed E-state index contributed by atoms with van der Waals surface area (Å²) in [7, 11) is 0. The van der Waals surface area contributed by atoms with Crippen LogP contribution in [0.5, 0.6) is 0 Å². The second-order valence-electron chi connectivity index (χ2n) is 3.24. The molecule has 0 saturated heterocycles. The quantitative estimate of drug-likeness (QED) is 0.416. The Hall–Kier alpha value is -0.620. The van der Waals surface area contributed by atoms with Gasteiger partial charge in [-0.15, -0.1) is 5.06 Å². The van der Waals surface area contributed by atoms with E-state index >= 15 is 0 Å². The van der Waals surface area contributed by atoms with Crippen LogP contribution in [0.3, 0.4) is 0 Å². The van der Waals surface area contributed by atoms with E-state index < -0.39 is 5.97 Å². The van der Waals surface area contributed by atoms with Crippen molar-refractivity contribution in [2.24, 2.45) is 5.73 Å². The third-order valence-corrected chi connectivity index (χ3v) is 2.16. The summed E-state index contributed by atoms with van der Waals surface area (Å²) in [6.45, 7) is 3.36. The van der Waals surface area contributed by atoms with Crippen LogP contribution in [0.25, 0.3) is 0 Å². The van der Waals surface area contributed by atoms with Crippen LogP contribution < -0.4 is 40.4 Å². The topological polar surface area (TPSA) is 55.6 Å². The Balaban J connectivity index is 0. The van der Waals surface area contributed by atoms with Gasteiger partial charge in [-0.3, -0.25) is 0 Å². The number of hydroxylamine groups is 1. The molecular formula is C11H15N2NaO2S. The van der Waals surface area contributed by atoms with E-state index in [4.69, 9.17) is 22.8 Å². The molecule has 2 N–H and O–H groups in total. The van der Waals surface area contributed by atoms with Gasteiger partial charge in [0.1, 0.15) is 0 Å². The van der Waals surface area contributed by atoms with Crippen LogP contribution in [0.1, 0.15) is 20.8 Å². The molecule has 0 radical (unpaired) electrons. The van der Waals surface area contributed by atoms with Gasteiger partial charge in [0.15, 0.2) is 0 Å². The van der Waals surface area contributed by atoms with E-state index in [-0.39, 0.29) is 36.1 Å². The summed E-state index contributed by atoms with van der Waals surface area (Å²) in [5.41, 5.74) is 7.30. The Kier molecular flexibility index (Phi) is 7.38. The molecule has 0 aliphatic carbocycles. The predicted octanol–water partition coefficient (Wildman–Crippen LogP) is -1.11. The van der Waals surface area contributed by atoms with Crippen molar-refractivity contribution in [2.45, 2.75) is 20.3 Å². The van der Waals surface area contributed by atoms with Gasteiger partial charge in [0.25, 0.3) is 0 Å². The van der Waals surface area contributed by atoms with E-state index in [1.54, 1.807) is 12.1 Å². The molecule has 4 nitrogen and oxygen atoms in total. The van der Waals surface area contributed by atoms with Gasteiger partial charge >= 0.3 is 35.5 Å². The van der Waals surface area contributed by atoms with E-state index in [1.807, 2.05) is 12.1 Å². The summed E-state index contributed by atoms with van der Waals surface area (Å²) >= 11 is 4.81. The summed E-state index contributed by atoms with van der Waals surface area (Å²) in [5.74, 6) is -0.465. The first-order valence-corrected chi connectivity index (χ1v) is 5.32. The maximum atomic E-state index is 10.9. The van der Waals surface area contributed by atoms with Gasteiger partial charge in [0.2, 0.25) is 5.11 Å². The molecular weight excluding hydrogens is 247 g/mol. The summed E-state index contributed by atoms with van der Waals surface area (Å²) < 4.78 is 0. The summed E-state index contributed by atoms with van der Waals surface area (Å²) in [5, 5.41) is 1.14. The number of rotatable bonds is 2. The smallest absolute Gasteiger partial charge is 1.00 e. The van der Waals surface area contributed by atoms with Crippen LogP contribution in [-0.4, -0.2) is 11.1 Å². The van der Waals surface area contributed by atoms with Crippen LogP contribution in [0.15, 0.2) is 24.3 Å². The van der Waals surface area contributed by atoms with Crippen molar-refractivity contribution in [1.29, 1.82) is 0 Å². The number of carbonyl (C=O) groups is 1. The van der Waals surface area contributed by atoms with Gasteiger partial charge in [0, 0.05) is 6.92 Å². The maximum Gasteiger partial charge on any atom is 1.00 e. The van der Waals surface area contributed by atoms with E-state index in [1.165, 1.54) is 12.5 Å². The Bertz CT molecular complexity index is 401. The van der Waals surface area contributed by atoms with Crippen LogP contribution in [0.2, 0.25) is 0 Å². The predicted molar refractivity (Wildman–Crippen MR) is 68.0 cm³/mol. The van der Waals surface area contributed by atoms with Gasteiger partial charge < -0.3 is 12.0 Å². The Morgan fingerprint density at radius 2 is 2.00 bits per heavy atom. The van der Waals surface area contributed by atoms with Crippen molar-refractivity contribution >= 4 is 29.0 Å². The van der Waals surface area contributed by atoms with E-state index in [9.17, 15) is 4.79 Å². The number of carbonyl (C=O) groups excluding carboxylic acids is 1. The Labute approximate surface area is 130 Å². The SMILES string of the molecule is CCc1ccc(N(OC(C)=O)C(N)=S)cc1.[H-].[Na+]. The van der Waals surface area contributed by atoms with Crippen LogP contribution in [-0.2, 0) is 16.1 Å². The molecule has 0 aromatic heterocycles. The molecule has 1 rings (SSSR count). The van der Waals surface area contributed by atoms with E-state index in [0.29, 0.717) is 5.69 Å². The number of benzene rings is 1. The average molecular weight is 262 g/mol. The van der Waals surface area contributed by atoms with Crippen molar-refractivity contribution in [2.75, 3.05) is 5.06 Å². The maximum absolute atomic E-state index is 10.9. The van der Waals surface area contributed by atoms with Crippen molar-refractivity contribution < 1.29 is 40.6 Å². The number of thiocarbonyl (C=S) groups is 1. The van der Waals surface area contributed by atoms with Crippen molar-refractivity contribution in [3.8, 4) is 0 Å². The molecule has 88 valence electrons. The minimum absolute atomic E-state index is 0. The number of aryl methyl sites for hydroxylation is 1. The second-order valence-corrected chi connectivity index (χ2v) is 3.65. The fourth-order valence-corrected chi connectivity index (χ4v) is 1.36. The zero-order valence-corrected chi connectivity index (χ0v) is 13.1. The number of hydrogen-bond donors (Lipinski definition) is 1. The summed E-state index contributed by atoms with van der Waals surface area (Å²) in [4.78, 5) is 15.8. The molecule has 0 amide bonds. The number of hydrogen-bond acceptors (Lipinski definition) is 3. The molecule has 0 atom stereocenters. The first-order chi connectivity index (χ1) is 7.54. The molecule has 0 bridgehead atoms. The minimum atomic E-state index is -0.465. The Morgan fingerprint density at radius 3 is 2.35 bits per heavy atom. The third kappa shape index (κ3) is 5.04. The van der Waals surface area contributed by atoms with Gasteiger partial charge in [-0.1, -0.05) is 19.1 Å². The number of nitrogens with zero attached hydrogens (tertiary/aromatic N) is 1. The molecule has 0 aliphatic rings. The van der Waals surface area contributed by atoms with Crippen LogP contribution in [0.4, 0.5) is 5.69 Å². The van der Waals surface area contributed by atoms with Crippen LogP contribution >= 0.6 is 12.2 Å². The fourth-order valence-electron chi connectivity index (χ4n) is 1.22. The third-order valence-electron chi connectivity index (χ3n) is 2.00. The number of nitrogens with two attached hydrogens (primary N) is 1. The molecule has 0 unspecified atom stereocenters. The zero-order chi connectivity index (χ0) is 12.1. The average Bonchev–Trinajstić information content (AvgIpc) is 2.25. The molecule has 0 spiro atoms. The van der Waals surface area contributed by atoms with Crippen LogP contribution in [0, 0.1) is 0 Å². The summed E-state index contributed by atoms with van der Waals surface area (Å²) in [6, 6.07) is 7.48. The molecule has 0 saturated carbocycles. The normalized spacial score (nSPS) is 9.06. The standard InChI is InChI=1S/C11H14N2O2S.Na.H/c1-3-9-4-6-10(7-5-9)13(11(12)16)15-8(2)14;;/h4-7H,3H2,1-2H3,(H2,12,16);;/q;+1;-1. The van der Waals surface area contributed by atoms with Gasteiger partial charge in [-0.25, -0.2) is 4.79 Å². The van der Waals surface area contributed by atoms with E-state index in [0.717, 1.165) is 11.5 Å². The molecule has 0 aliphatic heterocycles. The molecule has 17 heavy (non-hydrogen) atoms. The van der Waals surface area contributed by atoms with Gasteiger partial charge in [-0.2, -0.15) is 0 Å². The zero-order valence-electron chi connectivity index (χ0n) is 11.3. The number of anilines is 1. The molecule has 6 heteroatoms. The van der Waals surface area contributed by atoms with E-state index in [2.05, 4.69) is 6.92 Å². The molecule has 1 aromatic rings. The monoisotopic (exact) mass is 262 g/mol. The van der Waals surface area contributed by atoms with Crippen molar-refractivity contribution in [3.05, 3.63) is 29.8 Å². The molecule has 0 fully saturated rings. The fraction of sp³-hybridized carbons (Fsp3) is 0.273. The first-order valence-electron chi connectivity index (χ1n) is 4.91. The molecule has 1 aromatic carbocycles. The summed E-state index contributed by atoms with van der Waals surface area (Å²) in [6.07, 6.45) is 0.945. The second kappa shape index (κ2) is 7.66. The first kappa shape index (κ1) is 16.4. The Morgan fingerprint density at radius 1 is 1.47 bits per heavy atom. The molecule has 0 heterocycles. The van der Waals surface area contributed by atoms with Crippen molar-refractivity contribution in [3.63, 3.8) is 0 Å². The minimum Gasteiger partial charge on any atom is -1.00 e. The van der Waals surface area contributed by atoms with Crippen molar-refractivity contribution in [1.82, 2.24) is 0 Å². The van der Waals surface area contributed by atoms with Gasteiger partial charge in [-0.05, 0) is 36.3 Å². The van der Waals surface area contributed by atoms with Gasteiger partial charge in [0.05, 0.1) is 5.69 Å². The largest absolute Gasteiger partial charge is 1.00 e.